The van der Waals surface area contributed by atoms with E-state index in [0.29, 0.717) is 11.2 Å². The van der Waals surface area contributed by atoms with Gasteiger partial charge >= 0.3 is 0 Å². The van der Waals surface area contributed by atoms with Crippen molar-refractivity contribution in [2.75, 3.05) is 12.3 Å². The van der Waals surface area contributed by atoms with Crippen LogP contribution < -0.4 is 16.4 Å². The van der Waals surface area contributed by atoms with Crippen LogP contribution in [0.15, 0.2) is 18.2 Å². The number of nitrogen functional groups attached to an aromatic ring is 1. The third-order valence-electron chi connectivity index (χ3n) is 3.22. The first-order chi connectivity index (χ1) is 9.56. The lowest BCUT2D eigenvalue weighted by atomic mass is 10.2. The van der Waals surface area contributed by atoms with Crippen molar-refractivity contribution in [3.63, 3.8) is 0 Å². The molecule has 0 saturated carbocycles. The first-order valence-corrected chi connectivity index (χ1v) is 6.92. The van der Waals surface area contributed by atoms with Crippen LogP contribution in [-0.2, 0) is 4.79 Å². The topological polar surface area (TPSA) is 84.2 Å². The number of nitrogens with two attached hydrogens (primary N) is 1. The molecule has 2 amide bonds. The molecule has 1 aliphatic heterocycles. The summed E-state index contributed by atoms with van der Waals surface area (Å²) in [5.74, 6) is -0.900. The molecule has 1 fully saturated rings. The number of hydrogen-bond donors (Lipinski definition) is 3. The highest BCUT2D eigenvalue weighted by Gasteiger charge is 2.25. The van der Waals surface area contributed by atoms with E-state index in [1.165, 1.54) is 6.07 Å². The van der Waals surface area contributed by atoms with E-state index in [0.717, 1.165) is 11.3 Å². The number of thiophene rings is 1. The Kier molecular flexibility index (Phi) is 3.06. The van der Waals surface area contributed by atoms with Crippen LogP contribution in [-0.4, -0.2) is 24.4 Å². The van der Waals surface area contributed by atoms with Crippen LogP contribution in [0.1, 0.15) is 16.1 Å². The minimum atomic E-state index is -0.437. The van der Waals surface area contributed by atoms with Gasteiger partial charge in [0.2, 0.25) is 5.91 Å². The number of amides is 2. The minimum Gasteiger partial charge on any atom is -0.397 e. The van der Waals surface area contributed by atoms with Crippen molar-refractivity contribution in [2.45, 2.75) is 12.5 Å². The molecular weight excluding hydrogens is 281 g/mol. The predicted octanol–water partition coefficient (Wildman–Crippen LogP) is 1.24. The van der Waals surface area contributed by atoms with Crippen LogP contribution in [0.25, 0.3) is 10.1 Å². The summed E-state index contributed by atoms with van der Waals surface area (Å²) in [4.78, 5) is 23.5. The molecule has 1 aromatic carbocycles. The maximum Gasteiger partial charge on any atom is 0.263 e. The summed E-state index contributed by atoms with van der Waals surface area (Å²) < 4.78 is 14.4. The molecule has 1 saturated heterocycles. The third-order valence-corrected chi connectivity index (χ3v) is 4.39. The van der Waals surface area contributed by atoms with Gasteiger partial charge < -0.3 is 16.4 Å². The average Bonchev–Trinajstić information content (AvgIpc) is 2.95. The van der Waals surface area contributed by atoms with Gasteiger partial charge in [0.15, 0.2) is 0 Å². The van der Waals surface area contributed by atoms with Crippen molar-refractivity contribution < 1.29 is 14.0 Å². The van der Waals surface area contributed by atoms with Crippen molar-refractivity contribution in [2.24, 2.45) is 0 Å². The van der Waals surface area contributed by atoms with Crippen molar-refractivity contribution >= 4 is 38.9 Å². The second-order valence-corrected chi connectivity index (χ2v) is 5.69. The molecule has 5 nitrogen and oxygen atoms in total. The normalized spacial score (nSPS) is 18.2. The Balaban J connectivity index is 1.90. The van der Waals surface area contributed by atoms with Gasteiger partial charge in [-0.25, -0.2) is 4.39 Å². The number of carbonyl (C=O) groups is 2. The summed E-state index contributed by atoms with van der Waals surface area (Å²) in [5, 5.41) is 5.65. The van der Waals surface area contributed by atoms with Crippen LogP contribution in [0.5, 0.6) is 0 Å². The van der Waals surface area contributed by atoms with E-state index < -0.39 is 5.82 Å². The fourth-order valence-electron chi connectivity index (χ4n) is 2.26. The van der Waals surface area contributed by atoms with Gasteiger partial charge in [-0.05, 0) is 12.1 Å². The molecular formula is C13H12FN3O2S. The molecule has 1 aliphatic rings. The predicted molar refractivity (Wildman–Crippen MR) is 75.1 cm³/mol. The second kappa shape index (κ2) is 4.75. The molecule has 0 aliphatic carbocycles. The zero-order valence-electron chi connectivity index (χ0n) is 10.4. The van der Waals surface area contributed by atoms with E-state index >= 15 is 0 Å². The number of fused-ring (bicyclic) bond motifs is 1. The molecule has 0 radical (unpaired) electrons. The average molecular weight is 293 g/mol. The van der Waals surface area contributed by atoms with Gasteiger partial charge in [-0.3, -0.25) is 9.59 Å². The molecule has 4 N–H and O–H groups in total. The molecule has 1 aromatic heterocycles. The van der Waals surface area contributed by atoms with E-state index in [2.05, 4.69) is 10.6 Å². The van der Waals surface area contributed by atoms with Crippen molar-refractivity contribution in [1.82, 2.24) is 10.6 Å². The summed E-state index contributed by atoms with van der Waals surface area (Å²) in [7, 11) is 0. The third kappa shape index (κ3) is 2.09. The molecule has 0 bridgehead atoms. The lowest BCUT2D eigenvalue weighted by molar-refractivity contribution is -0.119. The molecule has 1 atom stereocenters. The van der Waals surface area contributed by atoms with E-state index in [1.54, 1.807) is 12.1 Å². The van der Waals surface area contributed by atoms with Gasteiger partial charge in [0.25, 0.3) is 5.91 Å². The quantitative estimate of drug-likeness (QED) is 0.779. The Labute approximate surface area is 118 Å². The number of anilines is 1. The van der Waals surface area contributed by atoms with Gasteiger partial charge in [-0.15, -0.1) is 11.3 Å². The zero-order chi connectivity index (χ0) is 14.3. The Morgan fingerprint density at radius 1 is 1.50 bits per heavy atom. The molecule has 104 valence electrons. The lowest BCUT2D eigenvalue weighted by Gasteiger charge is -2.09. The standard InChI is InChI=1S/C13H12FN3O2S/c14-7-2-1-3-8-10(7)11(15)12(20-8)13(19)17-6-4-9(18)16-5-6/h1-3,6H,4-5,15H2,(H,16,18)(H,17,19). The van der Waals surface area contributed by atoms with Crippen LogP contribution >= 0.6 is 11.3 Å². The van der Waals surface area contributed by atoms with Gasteiger partial charge in [0, 0.05) is 17.7 Å². The number of hydrogen-bond acceptors (Lipinski definition) is 4. The van der Waals surface area contributed by atoms with Gasteiger partial charge in [-0.2, -0.15) is 0 Å². The lowest BCUT2D eigenvalue weighted by Crippen LogP contribution is -2.36. The first kappa shape index (κ1) is 12.9. The molecule has 2 aromatic rings. The SMILES string of the molecule is Nc1c(C(=O)NC2CNC(=O)C2)sc2cccc(F)c12. The molecule has 2 heterocycles. The van der Waals surface area contributed by atoms with Crippen LogP contribution in [0, 0.1) is 5.82 Å². The molecule has 20 heavy (non-hydrogen) atoms. The highest BCUT2D eigenvalue weighted by atomic mass is 32.1. The van der Waals surface area contributed by atoms with Crippen LogP contribution in [0.3, 0.4) is 0 Å². The van der Waals surface area contributed by atoms with E-state index in [4.69, 9.17) is 5.73 Å². The zero-order valence-corrected chi connectivity index (χ0v) is 11.2. The maximum absolute atomic E-state index is 13.7. The summed E-state index contributed by atoms with van der Waals surface area (Å²) in [6.45, 7) is 0.406. The summed E-state index contributed by atoms with van der Waals surface area (Å²) >= 11 is 1.15. The number of rotatable bonds is 2. The molecule has 1 unspecified atom stereocenters. The van der Waals surface area contributed by atoms with E-state index in [-0.39, 0.29) is 40.2 Å². The van der Waals surface area contributed by atoms with Gasteiger partial charge in [0.1, 0.15) is 10.7 Å². The van der Waals surface area contributed by atoms with E-state index in [9.17, 15) is 14.0 Å². The molecule has 7 heteroatoms. The summed E-state index contributed by atoms with van der Waals surface area (Å²) in [6.07, 6.45) is 0.255. The largest absolute Gasteiger partial charge is 0.397 e. The number of carbonyl (C=O) groups excluding carboxylic acids is 2. The minimum absolute atomic E-state index is 0.0920. The Morgan fingerprint density at radius 2 is 2.30 bits per heavy atom. The Bertz CT molecular complexity index is 713. The monoisotopic (exact) mass is 293 g/mol. The number of halogens is 1. The molecule has 0 spiro atoms. The maximum atomic E-state index is 13.7. The van der Waals surface area contributed by atoms with Crippen LogP contribution in [0.4, 0.5) is 10.1 Å². The van der Waals surface area contributed by atoms with Gasteiger partial charge in [0.05, 0.1) is 17.1 Å². The van der Waals surface area contributed by atoms with Crippen molar-refractivity contribution in [3.8, 4) is 0 Å². The Hall–Kier alpha value is -2.15. The van der Waals surface area contributed by atoms with E-state index in [1.807, 2.05) is 0 Å². The fraction of sp³-hybridized carbons (Fsp3) is 0.231. The summed E-state index contributed by atoms with van der Waals surface area (Å²) in [6, 6.07) is 4.36. The number of benzene rings is 1. The number of nitrogens with one attached hydrogen (secondary N) is 2. The van der Waals surface area contributed by atoms with Crippen LogP contribution in [0.2, 0.25) is 0 Å². The van der Waals surface area contributed by atoms with Crippen molar-refractivity contribution in [1.29, 1.82) is 0 Å². The fourth-order valence-corrected chi connectivity index (χ4v) is 3.30. The van der Waals surface area contributed by atoms with Crippen molar-refractivity contribution in [3.05, 3.63) is 28.9 Å². The highest BCUT2D eigenvalue weighted by Crippen LogP contribution is 2.35. The smallest absolute Gasteiger partial charge is 0.263 e. The second-order valence-electron chi connectivity index (χ2n) is 4.64. The first-order valence-electron chi connectivity index (χ1n) is 6.10. The Morgan fingerprint density at radius 3 is 2.95 bits per heavy atom. The highest BCUT2D eigenvalue weighted by molar-refractivity contribution is 7.21. The summed E-state index contributed by atoms with van der Waals surface area (Å²) in [5.41, 5.74) is 6.02. The van der Waals surface area contributed by atoms with Gasteiger partial charge in [-0.1, -0.05) is 6.07 Å². The molecule has 3 rings (SSSR count).